The van der Waals surface area contributed by atoms with Gasteiger partial charge in [-0.3, -0.25) is 0 Å². The van der Waals surface area contributed by atoms with Gasteiger partial charge in [0, 0.05) is 13.7 Å². The number of rotatable bonds is 1. The zero-order valence-electron chi connectivity index (χ0n) is 6.09. The lowest BCUT2D eigenvalue weighted by Crippen LogP contribution is -2.27. The topological polar surface area (TPSA) is 18.5 Å². The first kappa shape index (κ1) is 7.03. The van der Waals surface area contributed by atoms with Gasteiger partial charge < -0.3 is 9.47 Å². The summed E-state index contributed by atoms with van der Waals surface area (Å²) in [6, 6.07) is 0. The smallest absolute Gasteiger partial charge is 0.0617 e. The fourth-order valence-electron chi connectivity index (χ4n) is 1.17. The zero-order chi connectivity index (χ0) is 6.69. The van der Waals surface area contributed by atoms with Crippen LogP contribution in [-0.4, -0.2) is 25.9 Å². The molecule has 0 saturated carbocycles. The highest BCUT2D eigenvalue weighted by molar-refractivity contribution is 4.67. The maximum Gasteiger partial charge on any atom is 0.0617 e. The van der Waals surface area contributed by atoms with Gasteiger partial charge in [-0.15, -0.1) is 0 Å². The average molecular weight is 130 g/mol. The maximum absolute atomic E-state index is 5.33. The molecule has 2 atom stereocenters. The van der Waals surface area contributed by atoms with Crippen LogP contribution in [0.5, 0.6) is 0 Å². The van der Waals surface area contributed by atoms with Gasteiger partial charge in [0.05, 0.1) is 12.2 Å². The van der Waals surface area contributed by atoms with Gasteiger partial charge >= 0.3 is 0 Å². The second-order valence-electron chi connectivity index (χ2n) is 2.56. The van der Waals surface area contributed by atoms with Gasteiger partial charge in [0.25, 0.3) is 0 Å². The molecule has 2 heteroatoms. The minimum absolute atomic E-state index is 0.392. The van der Waals surface area contributed by atoms with E-state index in [0.717, 1.165) is 19.4 Å². The summed E-state index contributed by atoms with van der Waals surface area (Å²) in [4.78, 5) is 0. The third kappa shape index (κ3) is 1.95. The molecular weight excluding hydrogens is 116 g/mol. The van der Waals surface area contributed by atoms with Crippen molar-refractivity contribution >= 4 is 0 Å². The van der Waals surface area contributed by atoms with E-state index in [1.165, 1.54) is 0 Å². The minimum atomic E-state index is 0.392. The SMILES string of the molecule is COC1CCO[C@@H](C)C1. The van der Waals surface area contributed by atoms with E-state index in [2.05, 4.69) is 6.92 Å². The first-order chi connectivity index (χ1) is 4.33. The highest BCUT2D eigenvalue weighted by Crippen LogP contribution is 2.14. The van der Waals surface area contributed by atoms with Gasteiger partial charge in [-0.25, -0.2) is 0 Å². The summed E-state index contributed by atoms with van der Waals surface area (Å²) in [6.07, 6.45) is 2.94. The van der Waals surface area contributed by atoms with E-state index < -0.39 is 0 Å². The molecule has 0 amide bonds. The van der Waals surface area contributed by atoms with Crippen LogP contribution in [0.1, 0.15) is 19.8 Å². The molecule has 0 aromatic heterocycles. The predicted molar refractivity (Wildman–Crippen MR) is 35.4 cm³/mol. The lowest BCUT2D eigenvalue weighted by Gasteiger charge is -2.25. The third-order valence-electron chi connectivity index (χ3n) is 1.77. The van der Waals surface area contributed by atoms with E-state index in [9.17, 15) is 0 Å². The van der Waals surface area contributed by atoms with Gasteiger partial charge in [0.2, 0.25) is 0 Å². The van der Waals surface area contributed by atoms with E-state index in [4.69, 9.17) is 9.47 Å². The lowest BCUT2D eigenvalue weighted by atomic mass is 10.1. The Balaban J connectivity index is 2.23. The van der Waals surface area contributed by atoms with E-state index in [1.54, 1.807) is 7.11 Å². The van der Waals surface area contributed by atoms with Crippen LogP contribution in [0, 0.1) is 0 Å². The second kappa shape index (κ2) is 3.18. The molecule has 1 aliphatic heterocycles. The van der Waals surface area contributed by atoms with E-state index in [-0.39, 0.29) is 0 Å². The molecule has 1 aliphatic rings. The molecule has 0 aliphatic carbocycles. The first-order valence-electron chi connectivity index (χ1n) is 3.47. The number of methoxy groups -OCH3 is 1. The van der Waals surface area contributed by atoms with Crippen LogP contribution in [0.4, 0.5) is 0 Å². The van der Waals surface area contributed by atoms with Crippen LogP contribution >= 0.6 is 0 Å². The van der Waals surface area contributed by atoms with Crippen LogP contribution in [0.15, 0.2) is 0 Å². The molecule has 54 valence electrons. The molecule has 1 heterocycles. The normalized spacial score (nSPS) is 36.7. The van der Waals surface area contributed by atoms with Crippen LogP contribution in [-0.2, 0) is 9.47 Å². The molecule has 9 heavy (non-hydrogen) atoms. The van der Waals surface area contributed by atoms with Gasteiger partial charge in [-0.05, 0) is 19.8 Å². The molecule has 0 aromatic rings. The fraction of sp³-hybridized carbons (Fsp3) is 1.00. The molecule has 2 nitrogen and oxygen atoms in total. The molecule has 0 N–H and O–H groups in total. The Bertz CT molecular complexity index is 83.0. The summed E-state index contributed by atoms with van der Waals surface area (Å²) in [5, 5.41) is 0. The highest BCUT2D eigenvalue weighted by Gasteiger charge is 2.17. The molecular formula is C7H14O2. The Morgan fingerprint density at radius 1 is 1.56 bits per heavy atom. The summed E-state index contributed by atoms with van der Waals surface area (Å²) in [5.41, 5.74) is 0. The van der Waals surface area contributed by atoms with Gasteiger partial charge in [0.1, 0.15) is 0 Å². The minimum Gasteiger partial charge on any atom is -0.381 e. The molecule has 0 spiro atoms. The Hall–Kier alpha value is -0.0800. The van der Waals surface area contributed by atoms with Gasteiger partial charge in [0.15, 0.2) is 0 Å². The standard InChI is InChI=1S/C7H14O2/c1-6-5-7(8-2)3-4-9-6/h6-7H,3-5H2,1-2H3/t6-,7?/m0/s1. The van der Waals surface area contributed by atoms with Crippen LogP contribution in [0.2, 0.25) is 0 Å². The van der Waals surface area contributed by atoms with Crippen molar-refractivity contribution in [1.82, 2.24) is 0 Å². The Morgan fingerprint density at radius 3 is 2.78 bits per heavy atom. The summed E-state index contributed by atoms with van der Waals surface area (Å²) in [6.45, 7) is 2.95. The number of hydrogen-bond donors (Lipinski definition) is 0. The molecule has 1 rings (SSSR count). The van der Waals surface area contributed by atoms with Crippen molar-refractivity contribution < 1.29 is 9.47 Å². The Labute approximate surface area is 56.2 Å². The van der Waals surface area contributed by atoms with Crippen molar-refractivity contribution in [3.63, 3.8) is 0 Å². The first-order valence-corrected chi connectivity index (χ1v) is 3.47. The van der Waals surface area contributed by atoms with E-state index >= 15 is 0 Å². The van der Waals surface area contributed by atoms with Crippen molar-refractivity contribution in [2.75, 3.05) is 13.7 Å². The maximum atomic E-state index is 5.33. The Morgan fingerprint density at radius 2 is 2.33 bits per heavy atom. The highest BCUT2D eigenvalue weighted by atomic mass is 16.5. The lowest BCUT2D eigenvalue weighted by molar-refractivity contribution is -0.0503. The van der Waals surface area contributed by atoms with E-state index in [0.29, 0.717) is 12.2 Å². The second-order valence-corrected chi connectivity index (χ2v) is 2.56. The van der Waals surface area contributed by atoms with E-state index in [1.807, 2.05) is 0 Å². The molecule has 0 aromatic carbocycles. The van der Waals surface area contributed by atoms with Crippen molar-refractivity contribution in [1.29, 1.82) is 0 Å². The van der Waals surface area contributed by atoms with Crippen molar-refractivity contribution in [2.45, 2.75) is 32.0 Å². The largest absolute Gasteiger partial charge is 0.381 e. The Kier molecular flexibility index (Phi) is 2.49. The summed E-state index contributed by atoms with van der Waals surface area (Å²) in [5.74, 6) is 0. The van der Waals surface area contributed by atoms with Crippen LogP contribution < -0.4 is 0 Å². The number of ether oxygens (including phenoxy) is 2. The third-order valence-corrected chi connectivity index (χ3v) is 1.77. The fourth-order valence-corrected chi connectivity index (χ4v) is 1.17. The average Bonchev–Trinajstić information content (AvgIpc) is 1.88. The monoisotopic (exact) mass is 130 g/mol. The molecule has 0 bridgehead atoms. The summed E-state index contributed by atoms with van der Waals surface area (Å²) >= 11 is 0. The van der Waals surface area contributed by atoms with Crippen molar-refractivity contribution in [3.05, 3.63) is 0 Å². The predicted octanol–water partition coefficient (Wildman–Crippen LogP) is 1.20. The molecule has 1 saturated heterocycles. The van der Waals surface area contributed by atoms with Gasteiger partial charge in [-0.1, -0.05) is 0 Å². The van der Waals surface area contributed by atoms with Gasteiger partial charge in [-0.2, -0.15) is 0 Å². The van der Waals surface area contributed by atoms with Crippen molar-refractivity contribution in [3.8, 4) is 0 Å². The van der Waals surface area contributed by atoms with Crippen molar-refractivity contribution in [2.24, 2.45) is 0 Å². The van der Waals surface area contributed by atoms with Crippen LogP contribution in [0.25, 0.3) is 0 Å². The summed E-state index contributed by atoms with van der Waals surface area (Å²) < 4.78 is 10.5. The quantitative estimate of drug-likeness (QED) is 0.531. The zero-order valence-corrected chi connectivity index (χ0v) is 6.09. The summed E-state index contributed by atoms with van der Waals surface area (Å²) in [7, 11) is 1.77. The van der Waals surface area contributed by atoms with Crippen LogP contribution in [0.3, 0.4) is 0 Å². The molecule has 0 radical (unpaired) electrons. The molecule has 1 unspecified atom stereocenters. The molecule has 1 fully saturated rings. The number of hydrogen-bond acceptors (Lipinski definition) is 2.